The highest BCUT2D eigenvalue weighted by Gasteiger charge is 2.47. The molecule has 0 amide bonds. The van der Waals surface area contributed by atoms with Crippen LogP contribution in [0.2, 0.25) is 0 Å². The molecule has 2 aliphatic rings. The SMILES string of the molecule is FC(F)(F)c1ccnc(N2CCC3(CC(Oc4cccnc4)CO3)C2)n1.O=C(O)C(F)(F)F. The second kappa shape index (κ2) is 9.37. The maximum Gasteiger partial charge on any atom is 0.490 e. The van der Waals surface area contributed by atoms with Gasteiger partial charge in [0.25, 0.3) is 0 Å². The van der Waals surface area contributed by atoms with E-state index >= 15 is 0 Å². The minimum absolute atomic E-state index is 0.0805. The molecule has 0 bridgehead atoms. The van der Waals surface area contributed by atoms with Crippen LogP contribution in [0.5, 0.6) is 5.75 Å². The number of hydrogen-bond donors (Lipinski definition) is 1. The molecule has 2 aromatic heterocycles. The Morgan fingerprint density at radius 3 is 2.55 bits per heavy atom. The first-order chi connectivity index (χ1) is 15.4. The second-order valence-corrected chi connectivity index (χ2v) is 7.34. The number of carboxylic acids is 1. The summed E-state index contributed by atoms with van der Waals surface area (Å²) in [5.41, 5.74) is -1.38. The van der Waals surface area contributed by atoms with Gasteiger partial charge in [0.2, 0.25) is 5.95 Å². The molecule has 0 aliphatic carbocycles. The fourth-order valence-electron chi connectivity index (χ4n) is 3.45. The minimum atomic E-state index is -5.08. The number of aromatic nitrogens is 3. The van der Waals surface area contributed by atoms with Crippen LogP contribution in [0.1, 0.15) is 18.5 Å². The van der Waals surface area contributed by atoms with Crippen LogP contribution in [0.3, 0.4) is 0 Å². The van der Waals surface area contributed by atoms with Crippen molar-refractivity contribution in [2.45, 2.75) is 36.9 Å². The van der Waals surface area contributed by atoms with Gasteiger partial charge >= 0.3 is 18.3 Å². The summed E-state index contributed by atoms with van der Waals surface area (Å²) in [4.78, 5) is 22.3. The molecule has 2 unspecified atom stereocenters. The molecule has 0 saturated carbocycles. The Kier molecular flexibility index (Phi) is 6.95. The van der Waals surface area contributed by atoms with Crippen LogP contribution >= 0.6 is 0 Å². The van der Waals surface area contributed by atoms with Gasteiger partial charge in [-0.1, -0.05) is 0 Å². The lowest BCUT2D eigenvalue weighted by Gasteiger charge is -2.23. The van der Waals surface area contributed by atoms with E-state index in [2.05, 4.69) is 15.0 Å². The molecule has 1 N–H and O–H groups in total. The maximum atomic E-state index is 12.9. The first-order valence-corrected chi connectivity index (χ1v) is 9.54. The number of hydrogen-bond acceptors (Lipinski definition) is 7. The Labute approximate surface area is 183 Å². The van der Waals surface area contributed by atoms with E-state index in [-0.39, 0.29) is 12.1 Å². The van der Waals surface area contributed by atoms with Crippen molar-refractivity contribution >= 4 is 11.9 Å². The van der Waals surface area contributed by atoms with Gasteiger partial charge in [0.15, 0.2) is 0 Å². The molecule has 1 spiro atoms. The molecule has 2 atom stereocenters. The summed E-state index contributed by atoms with van der Waals surface area (Å²) in [6.07, 6.45) is -3.87. The normalized spacial score (nSPS) is 22.7. The number of alkyl halides is 6. The predicted molar refractivity (Wildman–Crippen MR) is 99.5 cm³/mol. The Hall–Kier alpha value is -3.16. The molecule has 33 heavy (non-hydrogen) atoms. The molecule has 8 nitrogen and oxygen atoms in total. The Balaban J connectivity index is 0.000000383. The second-order valence-electron chi connectivity index (χ2n) is 7.34. The summed E-state index contributed by atoms with van der Waals surface area (Å²) >= 11 is 0. The number of nitrogens with zero attached hydrogens (tertiary/aromatic N) is 4. The predicted octanol–water partition coefficient (Wildman–Crippen LogP) is 3.34. The minimum Gasteiger partial charge on any atom is -0.486 e. The first kappa shape index (κ1) is 24.5. The van der Waals surface area contributed by atoms with Gasteiger partial charge in [0.05, 0.1) is 24.9 Å². The van der Waals surface area contributed by atoms with Gasteiger partial charge in [-0.15, -0.1) is 0 Å². The third-order valence-electron chi connectivity index (χ3n) is 4.89. The highest BCUT2D eigenvalue weighted by Crippen LogP contribution is 2.38. The zero-order valence-corrected chi connectivity index (χ0v) is 16.8. The van der Waals surface area contributed by atoms with E-state index in [4.69, 9.17) is 19.4 Å². The average Bonchev–Trinajstić information content (AvgIpc) is 3.34. The molecule has 180 valence electrons. The van der Waals surface area contributed by atoms with Crippen molar-refractivity contribution in [2.24, 2.45) is 0 Å². The van der Waals surface area contributed by atoms with Crippen molar-refractivity contribution in [1.29, 1.82) is 0 Å². The topological polar surface area (TPSA) is 97.7 Å². The molecule has 4 rings (SSSR count). The maximum absolute atomic E-state index is 12.9. The lowest BCUT2D eigenvalue weighted by atomic mass is 9.98. The molecule has 0 radical (unpaired) electrons. The fraction of sp³-hybridized carbons (Fsp3) is 0.474. The lowest BCUT2D eigenvalue weighted by Crippen LogP contribution is -2.34. The molecule has 2 aromatic rings. The highest BCUT2D eigenvalue weighted by atomic mass is 19.4. The summed E-state index contributed by atoms with van der Waals surface area (Å²) in [7, 11) is 0. The lowest BCUT2D eigenvalue weighted by molar-refractivity contribution is -0.192. The standard InChI is InChI=1S/C17H17F3N4O2.C2HF3O2/c18-17(19,20)14-3-6-22-15(23-14)24-7-4-16(11-24)8-13(10-25-16)26-12-2-1-5-21-9-12;3-2(4,5)1(6)7/h1-3,5-6,9,13H,4,7-8,10-11H2;(H,6,7). The number of halogens is 6. The first-order valence-electron chi connectivity index (χ1n) is 9.54. The Bertz CT molecular complexity index is 959. The molecule has 4 heterocycles. The largest absolute Gasteiger partial charge is 0.490 e. The smallest absolute Gasteiger partial charge is 0.486 e. The van der Waals surface area contributed by atoms with Crippen molar-refractivity contribution in [1.82, 2.24) is 15.0 Å². The summed E-state index contributed by atoms with van der Waals surface area (Å²) in [6, 6.07) is 4.50. The van der Waals surface area contributed by atoms with Crippen LogP contribution in [0.15, 0.2) is 36.8 Å². The monoisotopic (exact) mass is 480 g/mol. The van der Waals surface area contributed by atoms with Crippen molar-refractivity contribution in [2.75, 3.05) is 24.6 Å². The average molecular weight is 480 g/mol. The van der Waals surface area contributed by atoms with Crippen molar-refractivity contribution in [3.63, 3.8) is 0 Å². The number of carbonyl (C=O) groups is 1. The van der Waals surface area contributed by atoms with Crippen LogP contribution in [-0.2, 0) is 15.7 Å². The number of rotatable bonds is 3. The number of aliphatic carboxylic acids is 1. The highest BCUT2D eigenvalue weighted by molar-refractivity contribution is 5.73. The summed E-state index contributed by atoms with van der Waals surface area (Å²) < 4.78 is 82.1. The van der Waals surface area contributed by atoms with Gasteiger partial charge in [-0.05, 0) is 24.6 Å². The van der Waals surface area contributed by atoms with Gasteiger partial charge in [-0.3, -0.25) is 4.98 Å². The zero-order chi connectivity index (χ0) is 24.3. The van der Waals surface area contributed by atoms with E-state index in [9.17, 15) is 26.3 Å². The van der Waals surface area contributed by atoms with Crippen molar-refractivity contribution < 1.29 is 45.7 Å². The van der Waals surface area contributed by atoms with Gasteiger partial charge in [-0.25, -0.2) is 14.8 Å². The van der Waals surface area contributed by atoms with Crippen molar-refractivity contribution in [3.05, 3.63) is 42.5 Å². The zero-order valence-electron chi connectivity index (χ0n) is 16.8. The van der Waals surface area contributed by atoms with E-state index in [0.717, 1.165) is 12.3 Å². The molecule has 2 saturated heterocycles. The molecule has 2 aliphatic heterocycles. The molecule has 0 aromatic carbocycles. The Morgan fingerprint density at radius 2 is 1.94 bits per heavy atom. The van der Waals surface area contributed by atoms with E-state index in [1.165, 1.54) is 0 Å². The number of carboxylic acid groups (broad SMARTS) is 1. The van der Waals surface area contributed by atoms with Gasteiger partial charge in [0.1, 0.15) is 17.5 Å². The molecular formula is C19H18F6N4O4. The van der Waals surface area contributed by atoms with Crippen LogP contribution < -0.4 is 9.64 Å². The van der Waals surface area contributed by atoms with Gasteiger partial charge < -0.3 is 19.5 Å². The number of anilines is 1. The summed E-state index contributed by atoms with van der Waals surface area (Å²) in [6.45, 7) is 1.42. The third-order valence-corrected chi connectivity index (χ3v) is 4.89. The molecular weight excluding hydrogens is 462 g/mol. The Morgan fingerprint density at radius 1 is 1.21 bits per heavy atom. The fourth-order valence-corrected chi connectivity index (χ4v) is 3.45. The summed E-state index contributed by atoms with van der Waals surface area (Å²) in [5, 5.41) is 7.12. The third kappa shape index (κ3) is 6.43. The van der Waals surface area contributed by atoms with Crippen LogP contribution in [-0.4, -0.2) is 63.6 Å². The van der Waals surface area contributed by atoms with E-state index in [0.29, 0.717) is 38.3 Å². The van der Waals surface area contributed by atoms with E-state index < -0.39 is 29.6 Å². The van der Waals surface area contributed by atoms with Crippen LogP contribution in [0.25, 0.3) is 0 Å². The van der Waals surface area contributed by atoms with E-state index in [1.54, 1.807) is 23.4 Å². The van der Waals surface area contributed by atoms with E-state index in [1.807, 2.05) is 6.07 Å². The summed E-state index contributed by atoms with van der Waals surface area (Å²) in [5.74, 6) is -2.00. The molecule has 2 fully saturated rings. The van der Waals surface area contributed by atoms with Crippen molar-refractivity contribution in [3.8, 4) is 5.75 Å². The van der Waals surface area contributed by atoms with Crippen LogP contribution in [0, 0.1) is 0 Å². The number of pyridine rings is 1. The quantitative estimate of drug-likeness (QED) is 0.669. The van der Waals surface area contributed by atoms with Crippen LogP contribution in [0.4, 0.5) is 32.3 Å². The van der Waals surface area contributed by atoms with Gasteiger partial charge in [0, 0.05) is 25.4 Å². The van der Waals surface area contributed by atoms with Gasteiger partial charge in [-0.2, -0.15) is 26.3 Å². The number of ether oxygens (including phenoxy) is 2. The molecule has 14 heteroatoms.